The van der Waals surface area contributed by atoms with Crippen molar-refractivity contribution in [3.8, 4) is 11.1 Å². The lowest BCUT2D eigenvalue weighted by molar-refractivity contribution is 0.161. The Morgan fingerprint density at radius 2 is 1.88 bits per heavy atom. The van der Waals surface area contributed by atoms with Gasteiger partial charge >= 0.3 is 0 Å². The van der Waals surface area contributed by atoms with E-state index in [0.717, 1.165) is 25.7 Å². The molecule has 1 atom stereocenters. The summed E-state index contributed by atoms with van der Waals surface area (Å²) in [6.07, 6.45) is 6.90. The van der Waals surface area contributed by atoms with Crippen LogP contribution in [0.2, 0.25) is 5.02 Å². The average molecular weight is 479 g/mol. The SMILES string of the molecule is COC[C@@H](C)N[C@H]1CC[C@H](Nc2cc(-c3cc(NCC4(F)CC4)ccc3F)c(Cl)cn2)CC1. The lowest BCUT2D eigenvalue weighted by Crippen LogP contribution is -2.42. The Balaban J connectivity index is 1.40. The smallest absolute Gasteiger partial charge is 0.131 e. The summed E-state index contributed by atoms with van der Waals surface area (Å²) in [5.41, 5.74) is 0.488. The zero-order valence-electron chi connectivity index (χ0n) is 19.3. The van der Waals surface area contributed by atoms with Crippen molar-refractivity contribution in [2.45, 2.75) is 69.2 Å². The number of nitrogens with one attached hydrogen (secondary N) is 3. The van der Waals surface area contributed by atoms with Crippen LogP contribution >= 0.6 is 11.6 Å². The van der Waals surface area contributed by atoms with Gasteiger partial charge in [0, 0.05) is 54.8 Å². The van der Waals surface area contributed by atoms with Crippen molar-refractivity contribution in [1.29, 1.82) is 0 Å². The first-order valence-electron chi connectivity index (χ1n) is 11.7. The molecule has 0 aliphatic heterocycles. The number of anilines is 2. The van der Waals surface area contributed by atoms with Crippen LogP contribution in [-0.4, -0.2) is 49.0 Å². The van der Waals surface area contributed by atoms with Crippen molar-refractivity contribution in [3.05, 3.63) is 41.3 Å². The molecule has 2 saturated carbocycles. The molecule has 0 unspecified atom stereocenters. The van der Waals surface area contributed by atoms with Gasteiger partial charge in [0.1, 0.15) is 17.3 Å². The summed E-state index contributed by atoms with van der Waals surface area (Å²) in [6, 6.07) is 7.63. The minimum Gasteiger partial charge on any atom is -0.383 e. The van der Waals surface area contributed by atoms with Crippen molar-refractivity contribution in [2.75, 3.05) is 30.9 Å². The largest absolute Gasteiger partial charge is 0.383 e. The highest BCUT2D eigenvalue weighted by molar-refractivity contribution is 6.33. The number of ether oxygens (including phenoxy) is 1. The maximum atomic E-state index is 14.7. The van der Waals surface area contributed by atoms with Crippen LogP contribution in [0.3, 0.4) is 0 Å². The topological polar surface area (TPSA) is 58.2 Å². The molecule has 1 heterocycles. The standard InChI is InChI=1S/C25H33ClF2N4O/c1-16(14-33-2)31-17-3-5-18(6-4-17)32-24-12-20(22(26)13-29-24)21-11-19(7-8-23(21)27)30-15-25(28)9-10-25/h7-8,11-13,16-18,30-31H,3-6,9-10,14-15H2,1-2H3,(H,29,32)/t16-,17-,18-/m1/s1. The number of alkyl halides is 1. The van der Waals surface area contributed by atoms with Gasteiger partial charge in [0.15, 0.2) is 0 Å². The van der Waals surface area contributed by atoms with Gasteiger partial charge in [0.25, 0.3) is 0 Å². The summed E-state index contributed by atoms with van der Waals surface area (Å²) >= 11 is 6.39. The van der Waals surface area contributed by atoms with Crippen LogP contribution in [0.4, 0.5) is 20.3 Å². The number of halogens is 3. The van der Waals surface area contributed by atoms with Crippen molar-refractivity contribution < 1.29 is 13.5 Å². The third-order valence-electron chi connectivity index (χ3n) is 6.53. The van der Waals surface area contributed by atoms with Gasteiger partial charge in [-0.15, -0.1) is 0 Å². The molecule has 33 heavy (non-hydrogen) atoms. The molecule has 2 aliphatic carbocycles. The van der Waals surface area contributed by atoms with Gasteiger partial charge in [-0.25, -0.2) is 13.8 Å². The molecular formula is C25H33ClF2N4O. The third kappa shape index (κ3) is 6.55. The second-order valence-electron chi connectivity index (χ2n) is 9.46. The molecular weight excluding hydrogens is 446 g/mol. The Labute approximate surface area is 199 Å². The highest BCUT2D eigenvalue weighted by Gasteiger charge is 2.42. The molecule has 180 valence electrons. The zero-order valence-corrected chi connectivity index (χ0v) is 20.0. The molecule has 4 rings (SSSR count). The fourth-order valence-corrected chi connectivity index (χ4v) is 4.66. The Hall–Kier alpha value is -1.96. The van der Waals surface area contributed by atoms with Gasteiger partial charge in [-0.2, -0.15) is 0 Å². The second-order valence-corrected chi connectivity index (χ2v) is 9.87. The van der Waals surface area contributed by atoms with E-state index in [9.17, 15) is 8.78 Å². The number of benzene rings is 1. The number of methoxy groups -OCH3 is 1. The van der Waals surface area contributed by atoms with Gasteiger partial charge in [0.05, 0.1) is 11.6 Å². The van der Waals surface area contributed by atoms with E-state index in [2.05, 4.69) is 27.9 Å². The number of pyridine rings is 1. The number of hydrogen-bond donors (Lipinski definition) is 3. The number of hydrogen-bond acceptors (Lipinski definition) is 5. The summed E-state index contributed by atoms with van der Waals surface area (Å²) in [5, 5.41) is 10.6. The maximum Gasteiger partial charge on any atom is 0.131 e. The van der Waals surface area contributed by atoms with Crippen LogP contribution in [0.15, 0.2) is 30.5 Å². The second kappa shape index (κ2) is 10.5. The third-order valence-corrected chi connectivity index (χ3v) is 6.83. The lowest BCUT2D eigenvalue weighted by Gasteiger charge is -2.32. The van der Waals surface area contributed by atoms with Crippen LogP contribution in [0.1, 0.15) is 45.4 Å². The van der Waals surface area contributed by atoms with Crippen molar-refractivity contribution in [3.63, 3.8) is 0 Å². The van der Waals surface area contributed by atoms with Gasteiger partial charge in [0.2, 0.25) is 0 Å². The van der Waals surface area contributed by atoms with Gasteiger partial charge < -0.3 is 20.7 Å². The van der Waals surface area contributed by atoms with Gasteiger partial charge in [-0.05, 0) is 69.7 Å². The molecule has 2 aromatic rings. The predicted octanol–water partition coefficient (Wildman–Crippen LogP) is 5.80. The quantitative estimate of drug-likeness (QED) is 0.402. The highest BCUT2D eigenvalue weighted by Crippen LogP contribution is 2.40. The van der Waals surface area contributed by atoms with Crippen LogP contribution < -0.4 is 16.0 Å². The summed E-state index contributed by atoms with van der Waals surface area (Å²) in [5.74, 6) is 0.301. The molecule has 0 bridgehead atoms. The van der Waals surface area contributed by atoms with E-state index in [0.29, 0.717) is 65.2 Å². The average Bonchev–Trinajstić information content (AvgIpc) is 3.53. The first-order valence-corrected chi connectivity index (χ1v) is 12.1. The number of nitrogens with zero attached hydrogens (tertiary/aromatic N) is 1. The molecule has 2 fully saturated rings. The van der Waals surface area contributed by atoms with Crippen LogP contribution in [0, 0.1) is 5.82 Å². The normalized spacial score (nSPS) is 22.6. The summed E-state index contributed by atoms with van der Waals surface area (Å²) in [4.78, 5) is 4.42. The summed E-state index contributed by atoms with van der Waals surface area (Å²) < 4.78 is 33.9. The van der Waals surface area contributed by atoms with Gasteiger partial charge in [-0.3, -0.25) is 0 Å². The Morgan fingerprint density at radius 1 is 1.15 bits per heavy atom. The molecule has 1 aromatic carbocycles. The summed E-state index contributed by atoms with van der Waals surface area (Å²) in [6.45, 7) is 3.08. The van der Waals surface area contributed by atoms with E-state index in [4.69, 9.17) is 16.3 Å². The van der Waals surface area contributed by atoms with Crippen molar-refractivity contribution in [2.24, 2.45) is 0 Å². The monoisotopic (exact) mass is 478 g/mol. The van der Waals surface area contributed by atoms with Crippen molar-refractivity contribution in [1.82, 2.24) is 10.3 Å². The molecule has 1 aromatic heterocycles. The Kier molecular flexibility index (Phi) is 7.72. The Bertz CT molecular complexity index is 948. The van der Waals surface area contributed by atoms with E-state index in [-0.39, 0.29) is 12.4 Å². The minimum absolute atomic E-state index is 0.233. The zero-order chi connectivity index (χ0) is 23.4. The van der Waals surface area contributed by atoms with E-state index in [1.165, 1.54) is 6.07 Å². The fraction of sp³-hybridized carbons (Fsp3) is 0.560. The Morgan fingerprint density at radius 3 is 2.58 bits per heavy atom. The molecule has 8 heteroatoms. The van der Waals surface area contributed by atoms with E-state index in [1.807, 2.05) is 0 Å². The van der Waals surface area contributed by atoms with E-state index in [1.54, 1.807) is 31.5 Å². The first-order chi connectivity index (χ1) is 15.8. The molecule has 0 saturated heterocycles. The minimum atomic E-state index is -1.13. The van der Waals surface area contributed by atoms with E-state index < -0.39 is 5.67 Å². The molecule has 2 aliphatic rings. The fourth-order valence-electron chi connectivity index (χ4n) is 4.45. The molecule has 0 radical (unpaired) electrons. The van der Waals surface area contributed by atoms with Crippen LogP contribution in [0.5, 0.6) is 0 Å². The highest BCUT2D eigenvalue weighted by atomic mass is 35.5. The van der Waals surface area contributed by atoms with Crippen LogP contribution in [-0.2, 0) is 4.74 Å². The first kappa shape index (κ1) is 24.2. The predicted molar refractivity (Wildman–Crippen MR) is 130 cm³/mol. The molecule has 3 N–H and O–H groups in total. The molecule has 5 nitrogen and oxygen atoms in total. The number of rotatable bonds is 10. The van der Waals surface area contributed by atoms with E-state index >= 15 is 0 Å². The molecule has 0 amide bonds. The molecule has 0 spiro atoms. The number of aromatic nitrogens is 1. The van der Waals surface area contributed by atoms with Crippen molar-refractivity contribution >= 4 is 23.1 Å². The van der Waals surface area contributed by atoms with Crippen LogP contribution in [0.25, 0.3) is 11.1 Å². The van der Waals surface area contributed by atoms with Gasteiger partial charge in [-0.1, -0.05) is 11.6 Å². The maximum absolute atomic E-state index is 14.7. The lowest BCUT2D eigenvalue weighted by atomic mass is 9.90. The summed E-state index contributed by atoms with van der Waals surface area (Å²) in [7, 11) is 1.72.